The minimum Gasteiger partial charge on any atom is -0.480 e. The molecule has 2 fully saturated rings. The molecule has 2 aliphatic rings. The number of carboxylic acids is 1. The van der Waals surface area contributed by atoms with Crippen LogP contribution in [0.4, 0.5) is 0 Å². The number of hydrogen-bond acceptors (Lipinski definition) is 4. The van der Waals surface area contributed by atoms with E-state index in [0.29, 0.717) is 6.04 Å². The van der Waals surface area contributed by atoms with Gasteiger partial charge in [0, 0.05) is 32.2 Å². The number of hydrogen-bond donors (Lipinski definition) is 1. The number of carbonyl (C=O) groups is 1. The summed E-state index contributed by atoms with van der Waals surface area (Å²) in [6.07, 6.45) is 1.08. The van der Waals surface area contributed by atoms with Crippen molar-refractivity contribution in [1.82, 2.24) is 9.80 Å². The Morgan fingerprint density at radius 1 is 1.28 bits per heavy atom. The van der Waals surface area contributed by atoms with Crippen molar-refractivity contribution in [2.75, 3.05) is 39.4 Å². The Morgan fingerprint density at radius 2 is 1.94 bits per heavy atom. The third kappa shape index (κ3) is 3.02. The molecule has 2 heterocycles. The second-order valence-electron chi connectivity index (χ2n) is 5.61. The molecule has 0 radical (unpaired) electrons. The minimum atomic E-state index is -0.687. The topological polar surface area (TPSA) is 53.0 Å². The molecule has 2 rings (SSSR count). The Labute approximate surface area is 109 Å². The summed E-state index contributed by atoms with van der Waals surface area (Å²) in [5.41, 5.74) is 0. The molecule has 2 unspecified atom stereocenters. The van der Waals surface area contributed by atoms with E-state index in [0.717, 1.165) is 45.8 Å². The summed E-state index contributed by atoms with van der Waals surface area (Å²) in [6.45, 7) is 9.34. The summed E-state index contributed by atoms with van der Waals surface area (Å²) in [5.74, 6) is -0.529. The number of carboxylic acid groups (broad SMARTS) is 1. The predicted molar refractivity (Wildman–Crippen MR) is 68.6 cm³/mol. The first-order valence-electron chi connectivity index (χ1n) is 6.88. The van der Waals surface area contributed by atoms with Crippen LogP contribution in [0.25, 0.3) is 0 Å². The van der Waals surface area contributed by atoms with E-state index >= 15 is 0 Å². The smallest absolute Gasteiger partial charge is 0.321 e. The van der Waals surface area contributed by atoms with Gasteiger partial charge in [0.2, 0.25) is 0 Å². The van der Waals surface area contributed by atoms with Gasteiger partial charge in [-0.15, -0.1) is 0 Å². The molecule has 104 valence electrons. The Bertz CT molecular complexity index is 290. The summed E-state index contributed by atoms with van der Waals surface area (Å²) < 4.78 is 5.36. The van der Waals surface area contributed by atoms with Crippen molar-refractivity contribution in [3.8, 4) is 0 Å². The highest BCUT2D eigenvalue weighted by Gasteiger charge is 2.36. The SMILES string of the molecule is CC(C)C(C(=O)O)N1CCC(N2CCOCC2)C1. The maximum absolute atomic E-state index is 11.3. The zero-order valence-electron chi connectivity index (χ0n) is 11.3. The van der Waals surface area contributed by atoms with Gasteiger partial charge in [-0.2, -0.15) is 0 Å². The number of morpholine rings is 1. The lowest BCUT2D eigenvalue weighted by molar-refractivity contribution is -0.144. The van der Waals surface area contributed by atoms with E-state index in [2.05, 4.69) is 9.80 Å². The van der Waals surface area contributed by atoms with Crippen LogP contribution in [-0.4, -0.2) is 72.4 Å². The molecule has 0 aliphatic carbocycles. The molecule has 0 aromatic carbocycles. The van der Waals surface area contributed by atoms with Crippen molar-refractivity contribution >= 4 is 5.97 Å². The normalized spacial score (nSPS) is 28.7. The fourth-order valence-electron chi connectivity index (χ4n) is 3.12. The predicted octanol–water partition coefficient (Wildman–Crippen LogP) is 0.502. The first-order valence-corrected chi connectivity index (χ1v) is 6.88. The zero-order chi connectivity index (χ0) is 13.1. The zero-order valence-corrected chi connectivity index (χ0v) is 11.3. The van der Waals surface area contributed by atoms with Crippen LogP contribution < -0.4 is 0 Å². The Morgan fingerprint density at radius 3 is 2.50 bits per heavy atom. The Balaban J connectivity index is 1.92. The first-order chi connectivity index (χ1) is 8.59. The van der Waals surface area contributed by atoms with Crippen LogP contribution in [0, 0.1) is 5.92 Å². The molecule has 0 aromatic rings. The number of nitrogens with zero attached hydrogens (tertiary/aromatic N) is 2. The number of likely N-dealkylation sites (tertiary alicyclic amines) is 1. The van der Waals surface area contributed by atoms with Crippen molar-refractivity contribution < 1.29 is 14.6 Å². The summed E-state index contributed by atoms with van der Waals surface area (Å²) in [7, 11) is 0. The second-order valence-corrected chi connectivity index (χ2v) is 5.61. The molecule has 1 N–H and O–H groups in total. The van der Waals surface area contributed by atoms with Gasteiger partial charge in [0.15, 0.2) is 0 Å². The summed E-state index contributed by atoms with van der Waals surface area (Å²) in [4.78, 5) is 15.9. The third-order valence-corrected chi connectivity index (χ3v) is 4.03. The Hall–Kier alpha value is -0.650. The maximum atomic E-state index is 11.3. The summed E-state index contributed by atoms with van der Waals surface area (Å²) in [5, 5.41) is 9.33. The average Bonchev–Trinajstić information content (AvgIpc) is 2.78. The van der Waals surface area contributed by atoms with Crippen molar-refractivity contribution in [3.63, 3.8) is 0 Å². The van der Waals surface area contributed by atoms with Gasteiger partial charge in [-0.3, -0.25) is 14.6 Å². The lowest BCUT2D eigenvalue weighted by Crippen LogP contribution is -2.48. The minimum absolute atomic E-state index is 0.158. The molecular weight excluding hydrogens is 232 g/mol. The van der Waals surface area contributed by atoms with Gasteiger partial charge in [-0.25, -0.2) is 0 Å². The number of rotatable bonds is 4. The Kier molecular flexibility index (Phi) is 4.59. The van der Waals surface area contributed by atoms with E-state index in [1.54, 1.807) is 0 Å². The lowest BCUT2D eigenvalue weighted by Gasteiger charge is -2.33. The van der Waals surface area contributed by atoms with Gasteiger partial charge in [0.25, 0.3) is 0 Å². The highest BCUT2D eigenvalue weighted by molar-refractivity contribution is 5.73. The fraction of sp³-hybridized carbons (Fsp3) is 0.923. The molecule has 5 heteroatoms. The van der Waals surface area contributed by atoms with Crippen LogP contribution in [0.5, 0.6) is 0 Å². The molecule has 2 aliphatic heterocycles. The van der Waals surface area contributed by atoms with E-state index in [1.165, 1.54) is 0 Å². The first kappa shape index (κ1) is 13.8. The van der Waals surface area contributed by atoms with Crippen LogP contribution in [0.1, 0.15) is 20.3 Å². The monoisotopic (exact) mass is 256 g/mol. The second kappa shape index (κ2) is 5.99. The molecule has 0 amide bonds. The average molecular weight is 256 g/mol. The quantitative estimate of drug-likeness (QED) is 0.794. The van der Waals surface area contributed by atoms with Gasteiger partial charge in [0.05, 0.1) is 13.2 Å². The molecule has 5 nitrogen and oxygen atoms in total. The van der Waals surface area contributed by atoms with E-state index in [4.69, 9.17) is 4.74 Å². The van der Waals surface area contributed by atoms with Crippen molar-refractivity contribution in [2.45, 2.75) is 32.4 Å². The van der Waals surface area contributed by atoms with E-state index in [-0.39, 0.29) is 12.0 Å². The van der Waals surface area contributed by atoms with Gasteiger partial charge in [-0.1, -0.05) is 13.8 Å². The molecule has 0 bridgehead atoms. The molecule has 0 spiro atoms. The third-order valence-electron chi connectivity index (χ3n) is 4.03. The molecule has 2 saturated heterocycles. The van der Waals surface area contributed by atoms with Gasteiger partial charge < -0.3 is 9.84 Å². The summed E-state index contributed by atoms with van der Waals surface area (Å²) >= 11 is 0. The number of aliphatic carboxylic acids is 1. The molecule has 18 heavy (non-hydrogen) atoms. The van der Waals surface area contributed by atoms with Crippen molar-refractivity contribution in [1.29, 1.82) is 0 Å². The maximum Gasteiger partial charge on any atom is 0.321 e. The number of ether oxygens (including phenoxy) is 1. The van der Waals surface area contributed by atoms with E-state index < -0.39 is 5.97 Å². The fourth-order valence-corrected chi connectivity index (χ4v) is 3.12. The van der Waals surface area contributed by atoms with E-state index in [1.807, 2.05) is 13.8 Å². The van der Waals surface area contributed by atoms with Gasteiger partial charge in [-0.05, 0) is 12.3 Å². The molecular formula is C13H24N2O3. The molecule has 0 saturated carbocycles. The van der Waals surface area contributed by atoms with Crippen molar-refractivity contribution in [2.24, 2.45) is 5.92 Å². The lowest BCUT2D eigenvalue weighted by atomic mass is 10.0. The highest BCUT2D eigenvalue weighted by Crippen LogP contribution is 2.22. The van der Waals surface area contributed by atoms with Crippen LogP contribution in [0.3, 0.4) is 0 Å². The van der Waals surface area contributed by atoms with Crippen LogP contribution >= 0.6 is 0 Å². The largest absolute Gasteiger partial charge is 0.480 e. The van der Waals surface area contributed by atoms with E-state index in [9.17, 15) is 9.90 Å². The standard InChI is InChI=1S/C13H24N2O3/c1-10(2)12(13(16)17)15-4-3-11(9-15)14-5-7-18-8-6-14/h10-12H,3-9H2,1-2H3,(H,16,17). The van der Waals surface area contributed by atoms with Crippen LogP contribution in [-0.2, 0) is 9.53 Å². The van der Waals surface area contributed by atoms with Gasteiger partial charge >= 0.3 is 5.97 Å². The van der Waals surface area contributed by atoms with Crippen LogP contribution in [0.15, 0.2) is 0 Å². The summed E-state index contributed by atoms with van der Waals surface area (Å²) in [6, 6.07) is 0.172. The van der Waals surface area contributed by atoms with Crippen LogP contribution in [0.2, 0.25) is 0 Å². The molecule has 2 atom stereocenters. The molecule has 0 aromatic heterocycles. The van der Waals surface area contributed by atoms with Crippen molar-refractivity contribution in [3.05, 3.63) is 0 Å². The highest BCUT2D eigenvalue weighted by atomic mass is 16.5. The van der Waals surface area contributed by atoms with Gasteiger partial charge in [0.1, 0.15) is 6.04 Å².